The number of rotatable bonds is 5. The molecule has 0 saturated carbocycles. The van der Waals surface area contributed by atoms with Crippen LogP contribution in [0.1, 0.15) is 16.7 Å². The number of anilines is 1. The zero-order valence-corrected chi connectivity index (χ0v) is 13.8. The van der Waals surface area contributed by atoms with Crippen molar-refractivity contribution in [1.29, 1.82) is 0 Å². The van der Waals surface area contributed by atoms with Gasteiger partial charge in [-0.25, -0.2) is 0 Å². The normalized spacial score (nSPS) is 10.1. The van der Waals surface area contributed by atoms with Crippen molar-refractivity contribution < 1.29 is 14.3 Å². The molecule has 4 N–H and O–H groups in total. The SMILES string of the molecule is COc1ccc(C)cc1NC(=O)C(=O)NCc1cccc(CN)c1. The van der Waals surface area contributed by atoms with Crippen LogP contribution in [0.3, 0.4) is 0 Å². The van der Waals surface area contributed by atoms with Crippen LogP contribution in [-0.2, 0) is 22.7 Å². The molecule has 0 unspecified atom stereocenters. The van der Waals surface area contributed by atoms with Crippen LogP contribution in [0.2, 0.25) is 0 Å². The Hall–Kier alpha value is -2.86. The first-order chi connectivity index (χ1) is 11.5. The molecular formula is C18H21N3O3. The largest absolute Gasteiger partial charge is 0.495 e. The zero-order valence-electron chi connectivity index (χ0n) is 13.8. The highest BCUT2D eigenvalue weighted by atomic mass is 16.5. The van der Waals surface area contributed by atoms with Crippen LogP contribution >= 0.6 is 0 Å². The van der Waals surface area contributed by atoms with Gasteiger partial charge in [-0.05, 0) is 35.7 Å². The molecule has 0 aliphatic carbocycles. The molecule has 6 heteroatoms. The van der Waals surface area contributed by atoms with Gasteiger partial charge in [-0.2, -0.15) is 0 Å². The number of nitrogens with two attached hydrogens (primary N) is 1. The minimum absolute atomic E-state index is 0.255. The first-order valence-electron chi connectivity index (χ1n) is 7.55. The Morgan fingerprint density at radius 3 is 2.54 bits per heavy atom. The first-order valence-corrected chi connectivity index (χ1v) is 7.55. The van der Waals surface area contributed by atoms with E-state index < -0.39 is 11.8 Å². The molecule has 0 aliphatic rings. The fourth-order valence-electron chi connectivity index (χ4n) is 2.23. The Balaban J connectivity index is 1.97. The van der Waals surface area contributed by atoms with Crippen LogP contribution in [0.15, 0.2) is 42.5 Å². The number of aryl methyl sites for hydroxylation is 1. The second-order valence-corrected chi connectivity index (χ2v) is 5.36. The Bertz CT molecular complexity index is 744. The van der Waals surface area contributed by atoms with Crippen molar-refractivity contribution in [2.45, 2.75) is 20.0 Å². The number of benzene rings is 2. The maximum absolute atomic E-state index is 12.0. The van der Waals surface area contributed by atoms with Gasteiger partial charge in [0.1, 0.15) is 5.75 Å². The summed E-state index contributed by atoms with van der Waals surface area (Å²) in [4.78, 5) is 24.0. The standard InChI is InChI=1S/C18H21N3O3/c1-12-6-7-16(24-2)15(8-12)21-18(23)17(22)20-11-14-5-3-4-13(9-14)10-19/h3-9H,10-11,19H2,1-2H3,(H,20,22)(H,21,23). The van der Waals surface area contributed by atoms with Crippen LogP contribution in [0.25, 0.3) is 0 Å². The predicted molar refractivity (Wildman–Crippen MR) is 92.5 cm³/mol. The van der Waals surface area contributed by atoms with Crippen molar-refractivity contribution in [3.63, 3.8) is 0 Å². The van der Waals surface area contributed by atoms with Crippen molar-refractivity contribution in [3.8, 4) is 5.75 Å². The lowest BCUT2D eigenvalue weighted by atomic mass is 10.1. The third-order valence-corrected chi connectivity index (χ3v) is 3.49. The summed E-state index contributed by atoms with van der Waals surface area (Å²) in [5.74, 6) is -0.956. The van der Waals surface area contributed by atoms with Crippen molar-refractivity contribution in [2.24, 2.45) is 5.73 Å². The zero-order chi connectivity index (χ0) is 17.5. The molecule has 24 heavy (non-hydrogen) atoms. The molecule has 2 amide bonds. The van der Waals surface area contributed by atoms with E-state index in [1.165, 1.54) is 7.11 Å². The van der Waals surface area contributed by atoms with Crippen molar-refractivity contribution in [1.82, 2.24) is 5.32 Å². The minimum Gasteiger partial charge on any atom is -0.495 e. The predicted octanol–water partition coefficient (Wildman–Crippen LogP) is 1.72. The van der Waals surface area contributed by atoms with E-state index in [1.54, 1.807) is 12.1 Å². The highest BCUT2D eigenvalue weighted by molar-refractivity contribution is 6.39. The summed E-state index contributed by atoms with van der Waals surface area (Å²) in [6.07, 6.45) is 0. The highest BCUT2D eigenvalue weighted by Crippen LogP contribution is 2.24. The number of hydrogen-bond donors (Lipinski definition) is 3. The Labute approximate surface area is 141 Å². The number of carbonyl (C=O) groups is 2. The van der Waals surface area contributed by atoms with Crippen molar-refractivity contribution in [3.05, 3.63) is 59.2 Å². The number of methoxy groups -OCH3 is 1. The van der Waals surface area contributed by atoms with Gasteiger partial charge >= 0.3 is 11.8 Å². The molecule has 0 heterocycles. The number of nitrogens with one attached hydrogen (secondary N) is 2. The quantitative estimate of drug-likeness (QED) is 0.729. The van der Waals surface area contributed by atoms with Crippen LogP contribution in [0, 0.1) is 6.92 Å². The molecule has 6 nitrogen and oxygen atoms in total. The van der Waals surface area contributed by atoms with Crippen molar-refractivity contribution >= 4 is 17.5 Å². The Kier molecular flexibility index (Phi) is 5.92. The number of hydrogen-bond acceptors (Lipinski definition) is 4. The Morgan fingerprint density at radius 1 is 1.08 bits per heavy atom. The summed E-state index contributed by atoms with van der Waals surface area (Å²) in [7, 11) is 1.50. The number of carbonyl (C=O) groups excluding carboxylic acids is 2. The van der Waals surface area contributed by atoms with Gasteiger partial charge in [-0.15, -0.1) is 0 Å². The van der Waals surface area contributed by atoms with Gasteiger partial charge in [0.15, 0.2) is 0 Å². The monoisotopic (exact) mass is 327 g/mol. The topological polar surface area (TPSA) is 93.4 Å². The average Bonchev–Trinajstić information content (AvgIpc) is 2.60. The molecule has 2 aromatic carbocycles. The van der Waals surface area contributed by atoms with E-state index in [4.69, 9.17) is 10.5 Å². The molecule has 0 atom stereocenters. The lowest BCUT2D eigenvalue weighted by Crippen LogP contribution is -2.35. The molecule has 0 bridgehead atoms. The second kappa shape index (κ2) is 8.12. The van der Waals surface area contributed by atoms with Gasteiger partial charge in [0.2, 0.25) is 0 Å². The molecule has 0 aromatic heterocycles. The molecule has 0 saturated heterocycles. The van der Waals surface area contributed by atoms with Gasteiger partial charge < -0.3 is 21.1 Å². The fraction of sp³-hybridized carbons (Fsp3) is 0.222. The third-order valence-electron chi connectivity index (χ3n) is 3.49. The van der Waals surface area contributed by atoms with Gasteiger partial charge in [0.25, 0.3) is 0 Å². The molecule has 2 aromatic rings. The van der Waals surface area contributed by atoms with Crippen LogP contribution in [0.4, 0.5) is 5.69 Å². The second-order valence-electron chi connectivity index (χ2n) is 5.36. The summed E-state index contributed by atoms with van der Waals surface area (Å²) in [5, 5.41) is 5.15. The molecule has 2 rings (SSSR count). The minimum atomic E-state index is -0.742. The van der Waals surface area contributed by atoms with Crippen molar-refractivity contribution in [2.75, 3.05) is 12.4 Å². The summed E-state index contributed by atoms with van der Waals surface area (Å²) in [6, 6.07) is 12.9. The van der Waals surface area contributed by atoms with Gasteiger partial charge in [-0.3, -0.25) is 9.59 Å². The number of ether oxygens (including phenoxy) is 1. The summed E-state index contributed by atoms with van der Waals surface area (Å²) >= 11 is 0. The molecule has 0 aliphatic heterocycles. The smallest absolute Gasteiger partial charge is 0.313 e. The molecule has 0 radical (unpaired) electrons. The molecular weight excluding hydrogens is 306 g/mol. The molecule has 126 valence electrons. The molecule has 0 fully saturated rings. The fourth-order valence-corrected chi connectivity index (χ4v) is 2.23. The van der Waals surface area contributed by atoms with Gasteiger partial charge in [0, 0.05) is 13.1 Å². The maximum Gasteiger partial charge on any atom is 0.313 e. The van der Waals surface area contributed by atoms with E-state index in [9.17, 15) is 9.59 Å². The van der Waals surface area contributed by atoms with Crippen LogP contribution in [-0.4, -0.2) is 18.9 Å². The summed E-state index contributed by atoms with van der Waals surface area (Å²) < 4.78 is 5.18. The van der Waals surface area contributed by atoms with E-state index in [-0.39, 0.29) is 6.54 Å². The highest BCUT2D eigenvalue weighted by Gasteiger charge is 2.15. The molecule has 0 spiro atoms. The average molecular weight is 327 g/mol. The first kappa shape index (κ1) is 17.5. The third kappa shape index (κ3) is 4.57. The van der Waals surface area contributed by atoms with E-state index in [2.05, 4.69) is 10.6 Å². The summed E-state index contributed by atoms with van der Waals surface area (Å²) in [6.45, 7) is 2.57. The summed E-state index contributed by atoms with van der Waals surface area (Å²) in [5.41, 5.74) is 8.85. The van der Waals surface area contributed by atoms with E-state index in [0.29, 0.717) is 18.0 Å². The van der Waals surface area contributed by atoms with Gasteiger partial charge in [0.05, 0.1) is 12.8 Å². The van der Waals surface area contributed by atoms with E-state index in [0.717, 1.165) is 16.7 Å². The van der Waals surface area contributed by atoms with E-state index >= 15 is 0 Å². The van der Waals surface area contributed by atoms with Gasteiger partial charge in [-0.1, -0.05) is 30.3 Å². The maximum atomic E-state index is 12.0. The lowest BCUT2D eigenvalue weighted by molar-refractivity contribution is -0.136. The number of amides is 2. The Morgan fingerprint density at radius 2 is 1.83 bits per heavy atom. The van der Waals surface area contributed by atoms with Crippen LogP contribution < -0.4 is 21.1 Å². The lowest BCUT2D eigenvalue weighted by Gasteiger charge is -2.11. The van der Waals surface area contributed by atoms with Crippen LogP contribution in [0.5, 0.6) is 5.75 Å². The van der Waals surface area contributed by atoms with E-state index in [1.807, 2.05) is 37.3 Å².